The van der Waals surface area contributed by atoms with Crippen molar-refractivity contribution >= 4 is 21.6 Å². The van der Waals surface area contributed by atoms with Crippen LogP contribution in [0, 0.1) is 0 Å². The van der Waals surface area contributed by atoms with Gasteiger partial charge in [0.2, 0.25) is 0 Å². The molecule has 3 heterocycles. The van der Waals surface area contributed by atoms with Gasteiger partial charge in [0.25, 0.3) is 0 Å². The second-order valence-electron chi connectivity index (χ2n) is 7.92. The molecule has 0 aliphatic carbocycles. The second kappa shape index (κ2) is 9.80. The quantitative estimate of drug-likeness (QED) is 0.698. The number of carbonyl (C=O) groups is 1. The number of nitrogens with zero attached hydrogens (tertiary/aromatic N) is 2. The van der Waals surface area contributed by atoms with Crippen LogP contribution in [-0.2, 0) is 21.1 Å². The lowest BCUT2D eigenvalue weighted by Crippen LogP contribution is -2.46. The van der Waals surface area contributed by atoms with E-state index in [1.807, 2.05) is 0 Å². The Morgan fingerprint density at radius 3 is 2.45 bits per heavy atom. The highest BCUT2D eigenvalue weighted by Crippen LogP contribution is 2.28. The number of carbonyl (C=O) groups excluding carboxylic acids is 1. The Kier molecular flexibility index (Phi) is 6.89. The number of hydrogen-bond acceptors (Lipinski definition) is 7. The van der Waals surface area contributed by atoms with Crippen LogP contribution in [-0.4, -0.2) is 61.9 Å². The molecule has 4 rings (SSSR count). The van der Waals surface area contributed by atoms with E-state index in [1.54, 1.807) is 24.3 Å². The van der Waals surface area contributed by atoms with Crippen molar-refractivity contribution in [3.63, 3.8) is 0 Å². The number of amides is 2. The van der Waals surface area contributed by atoms with Crippen molar-refractivity contribution in [3.8, 4) is 0 Å². The highest BCUT2D eigenvalue weighted by atomic mass is 32.2. The zero-order valence-corrected chi connectivity index (χ0v) is 18.1. The van der Waals surface area contributed by atoms with Crippen LogP contribution in [0.5, 0.6) is 0 Å². The lowest BCUT2D eigenvalue weighted by molar-refractivity contribution is 0.0277. The summed E-state index contributed by atoms with van der Waals surface area (Å²) in [5.41, 5.74) is 0.517. The molecule has 168 valence electrons. The summed E-state index contributed by atoms with van der Waals surface area (Å²) in [4.78, 5) is 18.5. The normalized spacial score (nSPS) is 19.2. The summed E-state index contributed by atoms with van der Waals surface area (Å²) in [6, 6.07) is 6.44. The maximum atomic E-state index is 13.1. The van der Waals surface area contributed by atoms with Gasteiger partial charge in [0.15, 0.2) is 16.2 Å². The fourth-order valence-electron chi connectivity index (χ4n) is 4.19. The zero-order chi connectivity index (χ0) is 21.7. The van der Waals surface area contributed by atoms with E-state index in [1.165, 1.54) is 12.6 Å². The molecule has 2 amide bonds. The molecule has 2 saturated heterocycles. The van der Waals surface area contributed by atoms with Gasteiger partial charge in [-0.3, -0.25) is 0 Å². The predicted octanol–water partition coefficient (Wildman–Crippen LogP) is 2.41. The highest BCUT2D eigenvalue weighted by molar-refractivity contribution is 7.92. The van der Waals surface area contributed by atoms with Crippen LogP contribution < -0.4 is 10.6 Å². The molecule has 0 unspecified atom stereocenters. The van der Waals surface area contributed by atoms with E-state index < -0.39 is 15.9 Å². The van der Waals surface area contributed by atoms with Crippen molar-refractivity contribution < 1.29 is 22.4 Å². The summed E-state index contributed by atoms with van der Waals surface area (Å²) in [6.45, 7) is 3.41. The maximum absolute atomic E-state index is 13.1. The Balaban J connectivity index is 1.30. The minimum absolute atomic E-state index is 0.213. The van der Waals surface area contributed by atoms with E-state index in [0.717, 1.165) is 39.1 Å². The monoisotopic (exact) mass is 448 g/mol. The van der Waals surface area contributed by atoms with Crippen molar-refractivity contribution in [2.75, 3.05) is 31.6 Å². The number of anilines is 1. The molecule has 2 N–H and O–H groups in total. The van der Waals surface area contributed by atoms with Crippen molar-refractivity contribution in [3.05, 3.63) is 42.6 Å². The molecule has 0 radical (unpaired) electrons. The van der Waals surface area contributed by atoms with E-state index in [0.29, 0.717) is 35.2 Å². The van der Waals surface area contributed by atoms with Crippen LogP contribution in [0.1, 0.15) is 31.4 Å². The minimum Gasteiger partial charge on any atom is -0.447 e. The number of sulfone groups is 1. The molecule has 2 aromatic rings. The molecule has 0 bridgehead atoms. The Hall–Kier alpha value is -2.43. The summed E-state index contributed by atoms with van der Waals surface area (Å²) in [7, 11) is -3.40. The Labute approximate surface area is 182 Å². The zero-order valence-electron chi connectivity index (χ0n) is 17.3. The van der Waals surface area contributed by atoms with Crippen LogP contribution in [0.4, 0.5) is 10.5 Å². The van der Waals surface area contributed by atoms with Gasteiger partial charge in [0.05, 0.1) is 22.9 Å². The highest BCUT2D eigenvalue weighted by Gasteiger charge is 2.33. The number of benzene rings is 1. The van der Waals surface area contributed by atoms with Gasteiger partial charge in [0, 0.05) is 24.9 Å². The molecule has 0 saturated carbocycles. The number of piperidine rings is 1. The van der Waals surface area contributed by atoms with Crippen LogP contribution in [0.25, 0.3) is 0 Å². The van der Waals surface area contributed by atoms with Gasteiger partial charge in [-0.2, -0.15) is 0 Å². The number of rotatable bonds is 6. The first-order chi connectivity index (χ1) is 15.0. The lowest BCUT2D eigenvalue weighted by atomic mass is 10.0. The molecular weight excluding hydrogens is 420 g/mol. The molecule has 2 aliphatic rings. The SMILES string of the molecule is O=C(NCc1cnco1)Nc1ccc(S(=O)(=O)C2CCN(C3CCOCC3)CC2)cc1. The van der Waals surface area contributed by atoms with Gasteiger partial charge >= 0.3 is 6.03 Å². The molecule has 10 heteroatoms. The van der Waals surface area contributed by atoms with Crippen LogP contribution >= 0.6 is 0 Å². The first kappa shape index (κ1) is 21.8. The van der Waals surface area contributed by atoms with E-state index in [9.17, 15) is 13.2 Å². The fourth-order valence-corrected chi connectivity index (χ4v) is 5.93. The topological polar surface area (TPSA) is 114 Å². The largest absolute Gasteiger partial charge is 0.447 e. The number of likely N-dealkylation sites (tertiary alicyclic amines) is 1. The number of nitrogens with one attached hydrogen (secondary N) is 2. The van der Waals surface area contributed by atoms with Gasteiger partial charge in [-0.05, 0) is 63.0 Å². The molecular formula is C21H28N4O5S. The molecule has 9 nitrogen and oxygen atoms in total. The summed E-state index contributed by atoms with van der Waals surface area (Å²) in [5, 5.41) is 4.96. The predicted molar refractivity (Wildman–Crippen MR) is 114 cm³/mol. The van der Waals surface area contributed by atoms with Gasteiger partial charge in [-0.25, -0.2) is 18.2 Å². The van der Waals surface area contributed by atoms with Crippen molar-refractivity contribution in [2.24, 2.45) is 0 Å². The van der Waals surface area contributed by atoms with E-state index in [2.05, 4.69) is 20.5 Å². The van der Waals surface area contributed by atoms with Gasteiger partial charge in [0.1, 0.15) is 5.76 Å². The molecule has 2 fully saturated rings. The lowest BCUT2D eigenvalue weighted by Gasteiger charge is -2.39. The number of aromatic nitrogens is 1. The van der Waals surface area contributed by atoms with Crippen molar-refractivity contribution in [1.82, 2.24) is 15.2 Å². The molecule has 31 heavy (non-hydrogen) atoms. The Morgan fingerprint density at radius 2 is 1.81 bits per heavy atom. The minimum atomic E-state index is -3.40. The van der Waals surface area contributed by atoms with Crippen LogP contribution in [0.15, 0.2) is 46.2 Å². The third-order valence-corrected chi connectivity index (χ3v) is 8.25. The third kappa shape index (κ3) is 5.44. The smallest absolute Gasteiger partial charge is 0.319 e. The number of oxazole rings is 1. The molecule has 1 aromatic heterocycles. The summed E-state index contributed by atoms with van der Waals surface area (Å²) in [5.74, 6) is 0.541. The summed E-state index contributed by atoms with van der Waals surface area (Å²) in [6.07, 6.45) is 6.15. The van der Waals surface area contributed by atoms with E-state index in [4.69, 9.17) is 9.15 Å². The van der Waals surface area contributed by atoms with Crippen LogP contribution in [0.2, 0.25) is 0 Å². The first-order valence-electron chi connectivity index (χ1n) is 10.6. The molecule has 2 aliphatic heterocycles. The maximum Gasteiger partial charge on any atom is 0.319 e. The van der Waals surface area contributed by atoms with Gasteiger partial charge < -0.3 is 24.7 Å². The number of ether oxygens (including phenoxy) is 1. The molecule has 0 atom stereocenters. The van der Waals surface area contributed by atoms with E-state index in [-0.39, 0.29) is 11.8 Å². The average molecular weight is 449 g/mol. The van der Waals surface area contributed by atoms with Crippen molar-refractivity contribution in [2.45, 2.75) is 48.4 Å². The first-order valence-corrected chi connectivity index (χ1v) is 12.1. The standard InChI is InChI=1S/C21H28N4O5S/c26-21(23-14-18-13-22-15-30-18)24-16-1-3-19(4-2-16)31(27,28)20-5-9-25(10-6-20)17-7-11-29-12-8-17/h1-4,13,15,17,20H,5-12,14H2,(H2,23,24,26). The third-order valence-electron chi connectivity index (χ3n) is 5.97. The summed E-state index contributed by atoms with van der Waals surface area (Å²) < 4.78 is 36.7. The van der Waals surface area contributed by atoms with Crippen molar-refractivity contribution in [1.29, 1.82) is 0 Å². The Bertz CT molecular complexity index is 948. The summed E-state index contributed by atoms with van der Waals surface area (Å²) >= 11 is 0. The molecule has 0 spiro atoms. The van der Waals surface area contributed by atoms with Gasteiger partial charge in [-0.1, -0.05) is 0 Å². The van der Waals surface area contributed by atoms with Crippen LogP contribution in [0.3, 0.4) is 0 Å². The van der Waals surface area contributed by atoms with Gasteiger partial charge in [-0.15, -0.1) is 0 Å². The number of hydrogen-bond donors (Lipinski definition) is 2. The fraction of sp³-hybridized carbons (Fsp3) is 0.524. The number of urea groups is 1. The average Bonchev–Trinajstić information content (AvgIpc) is 3.33. The van der Waals surface area contributed by atoms with E-state index >= 15 is 0 Å². The Morgan fingerprint density at radius 1 is 1.10 bits per heavy atom. The molecule has 1 aromatic carbocycles. The second-order valence-corrected chi connectivity index (χ2v) is 10.2.